The molecule has 1 aliphatic rings. The van der Waals surface area contributed by atoms with E-state index >= 15 is 0 Å². The molecule has 1 rings (SSSR count). The van der Waals surface area contributed by atoms with E-state index < -0.39 is 0 Å². The molecule has 0 bridgehead atoms. The van der Waals surface area contributed by atoms with Gasteiger partial charge in [0.15, 0.2) is 0 Å². The van der Waals surface area contributed by atoms with Gasteiger partial charge < -0.3 is 4.90 Å². The number of rotatable bonds is 5. The molecule has 0 aromatic rings. The number of nitrogens with zero attached hydrogens (tertiary/aromatic N) is 1. The lowest BCUT2D eigenvalue weighted by Gasteiger charge is -2.40. The fourth-order valence-electron chi connectivity index (χ4n) is 3.19. The van der Waals surface area contributed by atoms with Crippen molar-refractivity contribution in [1.29, 1.82) is 0 Å². The minimum absolute atomic E-state index is 0.655. The van der Waals surface area contributed by atoms with Crippen molar-refractivity contribution >= 4 is 0 Å². The third-order valence-electron chi connectivity index (χ3n) is 3.95. The van der Waals surface area contributed by atoms with Crippen molar-refractivity contribution < 1.29 is 0 Å². The molecule has 90 valence electrons. The summed E-state index contributed by atoms with van der Waals surface area (Å²) in [5.41, 5.74) is 0.655. The summed E-state index contributed by atoms with van der Waals surface area (Å²) in [5.74, 6) is 0.799. The molecule has 1 heteroatoms. The molecular weight excluding hydrogens is 182 g/mol. The first-order chi connectivity index (χ1) is 7.08. The highest BCUT2D eigenvalue weighted by atomic mass is 15.1. The summed E-state index contributed by atoms with van der Waals surface area (Å²) in [4.78, 5) is 2.56. The van der Waals surface area contributed by atoms with Crippen LogP contribution in [-0.2, 0) is 0 Å². The second kappa shape index (κ2) is 5.89. The zero-order chi connectivity index (χ0) is 11.3. The molecule has 0 unspecified atom stereocenters. The van der Waals surface area contributed by atoms with Gasteiger partial charge in [-0.1, -0.05) is 40.0 Å². The Morgan fingerprint density at radius 1 is 1.13 bits per heavy atom. The van der Waals surface area contributed by atoms with Crippen LogP contribution in [-0.4, -0.2) is 25.0 Å². The van der Waals surface area contributed by atoms with Crippen LogP contribution in [0.5, 0.6) is 0 Å². The highest BCUT2D eigenvalue weighted by Crippen LogP contribution is 2.39. The summed E-state index contributed by atoms with van der Waals surface area (Å²) >= 11 is 0. The zero-order valence-electron chi connectivity index (χ0n) is 11.2. The average Bonchev–Trinajstić information content (AvgIpc) is 2.17. The molecule has 0 aromatic carbocycles. The molecule has 1 fully saturated rings. The third kappa shape index (κ3) is 4.14. The Morgan fingerprint density at radius 3 is 2.20 bits per heavy atom. The molecule has 1 saturated carbocycles. The van der Waals surface area contributed by atoms with Crippen molar-refractivity contribution in [1.82, 2.24) is 4.90 Å². The molecular formula is C14H29N. The van der Waals surface area contributed by atoms with Gasteiger partial charge in [-0.3, -0.25) is 0 Å². The quantitative estimate of drug-likeness (QED) is 0.666. The first-order valence-electron chi connectivity index (χ1n) is 6.76. The fourth-order valence-corrected chi connectivity index (χ4v) is 3.19. The van der Waals surface area contributed by atoms with Crippen molar-refractivity contribution in [3.63, 3.8) is 0 Å². The van der Waals surface area contributed by atoms with E-state index in [1.165, 1.54) is 51.6 Å². The van der Waals surface area contributed by atoms with Crippen LogP contribution < -0.4 is 0 Å². The van der Waals surface area contributed by atoms with Crippen LogP contribution in [0.2, 0.25) is 0 Å². The van der Waals surface area contributed by atoms with E-state index in [4.69, 9.17) is 0 Å². The molecule has 0 amide bonds. The van der Waals surface area contributed by atoms with Gasteiger partial charge in [0.2, 0.25) is 0 Å². The topological polar surface area (TPSA) is 3.24 Å². The molecule has 0 N–H and O–H groups in total. The van der Waals surface area contributed by atoms with E-state index in [-0.39, 0.29) is 0 Å². The predicted molar refractivity (Wildman–Crippen MR) is 68.1 cm³/mol. The van der Waals surface area contributed by atoms with Gasteiger partial charge in [-0.05, 0) is 37.6 Å². The first kappa shape index (κ1) is 13.0. The minimum atomic E-state index is 0.655. The van der Waals surface area contributed by atoms with Gasteiger partial charge in [0.25, 0.3) is 0 Å². The van der Waals surface area contributed by atoms with E-state index in [1.807, 2.05) is 0 Å². The van der Waals surface area contributed by atoms with Crippen LogP contribution in [0.15, 0.2) is 0 Å². The Hall–Kier alpha value is -0.0400. The Labute approximate surface area is 96.2 Å². The van der Waals surface area contributed by atoms with E-state index in [1.54, 1.807) is 0 Å². The first-order valence-corrected chi connectivity index (χ1v) is 6.76. The largest absolute Gasteiger partial charge is 0.306 e. The maximum atomic E-state index is 2.56. The Morgan fingerprint density at radius 2 is 1.73 bits per heavy atom. The molecule has 0 saturated heterocycles. The van der Waals surface area contributed by atoms with Gasteiger partial charge in [-0.15, -0.1) is 0 Å². The minimum Gasteiger partial charge on any atom is -0.306 e. The van der Waals surface area contributed by atoms with Crippen LogP contribution in [0.3, 0.4) is 0 Å². The van der Waals surface area contributed by atoms with Gasteiger partial charge in [-0.2, -0.15) is 0 Å². The van der Waals surface area contributed by atoms with Crippen LogP contribution in [0.4, 0.5) is 0 Å². The predicted octanol–water partition coefficient (Wildman–Crippen LogP) is 3.93. The summed E-state index contributed by atoms with van der Waals surface area (Å²) in [5, 5.41) is 0. The molecule has 0 radical (unpaired) electrons. The van der Waals surface area contributed by atoms with Gasteiger partial charge >= 0.3 is 0 Å². The second-order valence-electron chi connectivity index (χ2n) is 6.00. The number of hydrogen-bond donors (Lipinski definition) is 0. The maximum Gasteiger partial charge on any atom is 0.00349 e. The van der Waals surface area contributed by atoms with E-state index in [0.29, 0.717) is 5.41 Å². The van der Waals surface area contributed by atoms with Gasteiger partial charge in [0.1, 0.15) is 0 Å². The summed E-state index contributed by atoms with van der Waals surface area (Å²) in [7, 11) is 2.30. The number of hydrogen-bond acceptors (Lipinski definition) is 1. The van der Waals surface area contributed by atoms with Crippen molar-refractivity contribution in [2.75, 3.05) is 20.1 Å². The molecule has 1 aliphatic carbocycles. The summed E-state index contributed by atoms with van der Waals surface area (Å²) in [6, 6.07) is 0. The Kier molecular flexibility index (Phi) is 5.11. The molecule has 0 aromatic heterocycles. The van der Waals surface area contributed by atoms with Crippen LogP contribution in [0.1, 0.15) is 59.3 Å². The maximum absolute atomic E-state index is 2.56. The van der Waals surface area contributed by atoms with Gasteiger partial charge in [-0.25, -0.2) is 0 Å². The SMILES string of the molecule is CCC1(CN(C)CC(C)C)CCCCC1. The molecule has 1 nitrogen and oxygen atoms in total. The normalized spacial score (nSPS) is 21.2. The lowest BCUT2D eigenvalue weighted by Crippen LogP contribution is -2.38. The van der Waals surface area contributed by atoms with Gasteiger partial charge in [0.05, 0.1) is 0 Å². The van der Waals surface area contributed by atoms with Crippen molar-refractivity contribution in [3.8, 4) is 0 Å². The molecule has 15 heavy (non-hydrogen) atoms. The monoisotopic (exact) mass is 211 g/mol. The van der Waals surface area contributed by atoms with Gasteiger partial charge in [0, 0.05) is 13.1 Å². The Balaban J connectivity index is 2.43. The molecule has 0 atom stereocenters. The summed E-state index contributed by atoms with van der Waals surface area (Å²) in [6.07, 6.45) is 8.69. The van der Waals surface area contributed by atoms with E-state index in [9.17, 15) is 0 Å². The zero-order valence-corrected chi connectivity index (χ0v) is 11.2. The molecule has 0 aliphatic heterocycles. The third-order valence-corrected chi connectivity index (χ3v) is 3.95. The lowest BCUT2D eigenvalue weighted by molar-refractivity contribution is 0.108. The summed E-state index contributed by atoms with van der Waals surface area (Å²) in [6.45, 7) is 9.59. The van der Waals surface area contributed by atoms with Crippen LogP contribution >= 0.6 is 0 Å². The standard InChI is InChI=1S/C14H29N/c1-5-14(9-7-6-8-10-14)12-15(4)11-13(2)3/h13H,5-12H2,1-4H3. The molecule has 0 heterocycles. The van der Waals surface area contributed by atoms with Crippen molar-refractivity contribution in [2.45, 2.75) is 59.3 Å². The van der Waals surface area contributed by atoms with Crippen LogP contribution in [0, 0.1) is 11.3 Å². The molecule has 0 spiro atoms. The second-order valence-corrected chi connectivity index (χ2v) is 6.00. The van der Waals surface area contributed by atoms with E-state index in [2.05, 4.69) is 32.7 Å². The van der Waals surface area contributed by atoms with Crippen molar-refractivity contribution in [2.24, 2.45) is 11.3 Å². The van der Waals surface area contributed by atoms with E-state index in [0.717, 1.165) is 5.92 Å². The highest BCUT2D eigenvalue weighted by molar-refractivity contribution is 4.84. The Bertz CT molecular complexity index is 168. The summed E-state index contributed by atoms with van der Waals surface area (Å²) < 4.78 is 0. The smallest absolute Gasteiger partial charge is 0.00349 e. The van der Waals surface area contributed by atoms with Crippen LogP contribution in [0.25, 0.3) is 0 Å². The lowest BCUT2D eigenvalue weighted by atomic mass is 9.72. The fraction of sp³-hybridized carbons (Fsp3) is 1.00. The van der Waals surface area contributed by atoms with Crippen molar-refractivity contribution in [3.05, 3.63) is 0 Å². The average molecular weight is 211 g/mol. The highest BCUT2D eigenvalue weighted by Gasteiger charge is 2.31.